The summed E-state index contributed by atoms with van der Waals surface area (Å²) in [5.74, 6) is -0.995. The minimum Gasteiger partial charge on any atom is -0.480 e. The van der Waals surface area contributed by atoms with Crippen molar-refractivity contribution in [2.75, 3.05) is 26.7 Å². The van der Waals surface area contributed by atoms with Gasteiger partial charge < -0.3 is 14.7 Å². The van der Waals surface area contributed by atoms with Crippen LogP contribution in [-0.4, -0.2) is 71.2 Å². The number of hydrogen-bond donors (Lipinski definition) is 1. The Hall–Kier alpha value is -1.14. The Kier molecular flexibility index (Phi) is 4.92. The van der Waals surface area contributed by atoms with Crippen molar-refractivity contribution in [3.8, 4) is 0 Å². The van der Waals surface area contributed by atoms with Gasteiger partial charge in [-0.15, -0.1) is 0 Å². The molecule has 0 radical (unpaired) electrons. The Labute approximate surface area is 114 Å². The van der Waals surface area contributed by atoms with Crippen LogP contribution in [0.5, 0.6) is 0 Å². The highest BCUT2D eigenvalue weighted by atomic mass is 16.5. The number of carbonyl (C=O) groups is 2. The highest BCUT2D eigenvalue weighted by Gasteiger charge is 2.35. The van der Waals surface area contributed by atoms with Crippen molar-refractivity contribution < 1.29 is 19.4 Å². The second-order valence-corrected chi connectivity index (χ2v) is 5.78. The average Bonchev–Trinajstić information content (AvgIpc) is 2.27. The molecule has 0 spiro atoms. The lowest BCUT2D eigenvalue weighted by Gasteiger charge is -2.38. The molecule has 1 heterocycles. The van der Waals surface area contributed by atoms with Gasteiger partial charge in [0.1, 0.15) is 5.54 Å². The second kappa shape index (κ2) is 5.88. The summed E-state index contributed by atoms with van der Waals surface area (Å²) in [5, 5.41) is 9.13. The van der Waals surface area contributed by atoms with Crippen LogP contribution in [0, 0.1) is 0 Å². The van der Waals surface area contributed by atoms with Crippen molar-refractivity contribution in [3.63, 3.8) is 0 Å². The van der Waals surface area contributed by atoms with Crippen LogP contribution in [0.25, 0.3) is 0 Å². The average molecular weight is 272 g/mol. The van der Waals surface area contributed by atoms with Gasteiger partial charge in [-0.1, -0.05) is 0 Å². The quantitative estimate of drug-likeness (QED) is 0.803. The molecule has 2 atom stereocenters. The normalized spacial score (nSPS) is 24.6. The third-order valence-electron chi connectivity index (χ3n) is 3.62. The zero-order valence-electron chi connectivity index (χ0n) is 12.3. The van der Waals surface area contributed by atoms with Crippen LogP contribution >= 0.6 is 0 Å². The molecule has 1 aliphatic heterocycles. The van der Waals surface area contributed by atoms with Gasteiger partial charge in [-0.2, -0.15) is 0 Å². The van der Waals surface area contributed by atoms with E-state index in [1.165, 1.54) is 0 Å². The maximum absolute atomic E-state index is 12.2. The van der Waals surface area contributed by atoms with E-state index in [9.17, 15) is 9.59 Å². The van der Waals surface area contributed by atoms with Crippen LogP contribution in [0.3, 0.4) is 0 Å². The summed E-state index contributed by atoms with van der Waals surface area (Å²) in [6.45, 7) is 8.26. The van der Waals surface area contributed by atoms with Gasteiger partial charge in [0.15, 0.2) is 0 Å². The Morgan fingerprint density at radius 3 is 2.21 bits per heavy atom. The second-order valence-electron chi connectivity index (χ2n) is 5.78. The minimum atomic E-state index is -1.06. The Morgan fingerprint density at radius 2 is 1.79 bits per heavy atom. The summed E-state index contributed by atoms with van der Waals surface area (Å²) in [6, 6.07) is 0. The van der Waals surface area contributed by atoms with Gasteiger partial charge in [-0.25, -0.2) is 0 Å². The summed E-state index contributed by atoms with van der Waals surface area (Å²) in [5.41, 5.74) is -1.06. The molecule has 6 nitrogen and oxygen atoms in total. The smallest absolute Gasteiger partial charge is 0.323 e. The molecule has 0 saturated carbocycles. The van der Waals surface area contributed by atoms with E-state index in [0.29, 0.717) is 13.1 Å². The summed E-state index contributed by atoms with van der Waals surface area (Å²) in [7, 11) is 1.65. The molecule has 0 aliphatic carbocycles. The number of carbonyl (C=O) groups excluding carboxylic acids is 1. The molecule has 1 aliphatic rings. The first-order valence-corrected chi connectivity index (χ1v) is 6.52. The monoisotopic (exact) mass is 272 g/mol. The van der Waals surface area contributed by atoms with E-state index in [4.69, 9.17) is 9.84 Å². The molecule has 1 saturated heterocycles. The summed E-state index contributed by atoms with van der Waals surface area (Å²) >= 11 is 0. The molecule has 0 aromatic heterocycles. The number of aliphatic carboxylic acids is 1. The Bertz CT molecular complexity index is 347. The molecule has 19 heavy (non-hydrogen) atoms. The van der Waals surface area contributed by atoms with Crippen LogP contribution in [0.1, 0.15) is 27.7 Å². The molecule has 110 valence electrons. The van der Waals surface area contributed by atoms with Crippen LogP contribution in [0.15, 0.2) is 0 Å². The van der Waals surface area contributed by atoms with E-state index < -0.39 is 11.5 Å². The van der Waals surface area contributed by atoms with Crippen molar-refractivity contribution in [1.29, 1.82) is 0 Å². The molecule has 1 fully saturated rings. The fourth-order valence-electron chi connectivity index (χ4n) is 2.05. The number of morpholine rings is 1. The van der Waals surface area contributed by atoms with Crippen LogP contribution in [0.4, 0.5) is 0 Å². The molecule has 0 aromatic rings. The van der Waals surface area contributed by atoms with Gasteiger partial charge >= 0.3 is 5.97 Å². The van der Waals surface area contributed by atoms with E-state index in [1.807, 2.05) is 13.8 Å². The summed E-state index contributed by atoms with van der Waals surface area (Å²) in [6.07, 6.45) is 0.0379. The highest BCUT2D eigenvalue weighted by Crippen LogP contribution is 2.15. The number of likely N-dealkylation sites (N-methyl/N-ethyl adjacent to an activating group) is 1. The van der Waals surface area contributed by atoms with Gasteiger partial charge in [0.2, 0.25) is 5.91 Å². The Balaban J connectivity index is 2.62. The molecular formula is C13H24N2O4. The number of amides is 1. The van der Waals surface area contributed by atoms with E-state index in [-0.39, 0.29) is 24.7 Å². The lowest BCUT2D eigenvalue weighted by atomic mass is 10.0. The van der Waals surface area contributed by atoms with Gasteiger partial charge in [0.25, 0.3) is 0 Å². The first-order chi connectivity index (χ1) is 8.64. The lowest BCUT2D eigenvalue weighted by Crippen LogP contribution is -2.55. The first kappa shape index (κ1) is 15.9. The molecule has 6 heteroatoms. The number of carboxylic acids is 1. The third-order valence-corrected chi connectivity index (χ3v) is 3.62. The molecule has 1 N–H and O–H groups in total. The molecule has 1 amide bonds. The molecule has 1 rings (SSSR count). The molecular weight excluding hydrogens is 248 g/mol. The van der Waals surface area contributed by atoms with Crippen molar-refractivity contribution in [2.24, 2.45) is 0 Å². The molecule has 0 bridgehead atoms. The Morgan fingerprint density at radius 1 is 1.32 bits per heavy atom. The van der Waals surface area contributed by atoms with E-state index >= 15 is 0 Å². The predicted molar refractivity (Wildman–Crippen MR) is 70.9 cm³/mol. The number of nitrogens with zero attached hydrogens (tertiary/aromatic N) is 2. The largest absolute Gasteiger partial charge is 0.480 e. The van der Waals surface area contributed by atoms with Crippen LogP contribution in [0.2, 0.25) is 0 Å². The zero-order valence-corrected chi connectivity index (χ0v) is 12.3. The topological polar surface area (TPSA) is 70.1 Å². The van der Waals surface area contributed by atoms with Gasteiger partial charge in [-0.3, -0.25) is 14.5 Å². The number of hydrogen-bond acceptors (Lipinski definition) is 4. The predicted octanol–water partition coefficient (Wildman–Crippen LogP) is 0.417. The van der Waals surface area contributed by atoms with Crippen LogP contribution < -0.4 is 0 Å². The summed E-state index contributed by atoms with van der Waals surface area (Å²) in [4.78, 5) is 26.6. The lowest BCUT2D eigenvalue weighted by molar-refractivity contribution is -0.152. The maximum Gasteiger partial charge on any atom is 0.323 e. The fraction of sp³-hybridized carbons (Fsp3) is 0.846. The van der Waals surface area contributed by atoms with E-state index in [0.717, 1.165) is 0 Å². The first-order valence-electron chi connectivity index (χ1n) is 6.52. The van der Waals surface area contributed by atoms with E-state index in [2.05, 4.69) is 0 Å². The number of ether oxygens (including phenoxy) is 1. The van der Waals surface area contributed by atoms with Crippen molar-refractivity contribution in [3.05, 3.63) is 0 Å². The van der Waals surface area contributed by atoms with Crippen molar-refractivity contribution >= 4 is 11.9 Å². The van der Waals surface area contributed by atoms with Gasteiger partial charge in [0, 0.05) is 13.1 Å². The molecule has 2 unspecified atom stereocenters. The number of carboxylic acid groups (broad SMARTS) is 1. The van der Waals surface area contributed by atoms with E-state index in [1.54, 1.807) is 30.7 Å². The minimum absolute atomic E-state index is 0.0190. The SMILES string of the molecule is CC1CN(C(=O)CN(C)C(C)(C)C(=O)O)CC(C)O1. The molecule has 0 aromatic carbocycles. The van der Waals surface area contributed by atoms with Crippen molar-refractivity contribution in [1.82, 2.24) is 9.80 Å². The highest BCUT2D eigenvalue weighted by molar-refractivity contribution is 5.81. The number of rotatable bonds is 4. The standard InChI is InChI=1S/C13H24N2O4/c1-9-6-15(7-10(2)19-9)11(16)8-14(5)13(3,4)12(17)18/h9-10H,6-8H2,1-5H3,(H,17,18). The van der Waals surface area contributed by atoms with Gasteiger partial charge in [-0.05, 0) is 34.7 Å². The van der Waals surface area contributed by atoms with Gasteiger partial charge in [0.05, 0.1) is 18.8 Å². The zero-order chi connectivity index (χ0) is 14.8. The third kappa shape index (κ3) is 3.91. The fourth-order valence-corrected chi connectivity index (χ4v) is 2.05. The van der Waals surface area contributed by atoms with Crippen molar-refractivity contribution in [2.45, 2.75) is 45.4 Å². The maximum atomic E-state index is 12.2. The van der Waals surface area contributed by atoms with Crippen LogP contribution in [-0.2, 0) is 14.3 Å². The summed E-state index contributed by atoms with van der Waals surface area (Å²) < 4.78 is 5.58.